The summed E-state index contributed by atoms with van der Waals surface area (Å²) in [7, 11) is -2.94. The minimum absolute atomic E-state index is 0.156. The monoisotopic (exact) mass is 609 g/mol. The van der Waals surface area contributed by atoms with Gasteiger partial charge in [-0.15, -0.1) is 0 Å². The van der Waals surface area contributed by atoms with Crippen LogP contribution in [0.25, 0.3) is 5.69 Å². The van der Waals surface area contributed by atoms with Crippen molar-refractivity contribution in [3.05, 3.63) is 110 Å². The van der Waals surface area contributed by atoms with Gasteiger partial charge < -0.3 is 9.30 Å². The Hall–Kier alpha value is -4.68. The summed E-state index contributed by atoms with van der Waals surface area (Å²) >= 11 is 6.16. The SMILES string of the molecule is COc1ccc(N(CC(=O)N/N=C/c2cc(C)n(-c3cccc(Cl)c3)c2C)S(=O)(=O)c2ccc(C)c([N+](=O)[O-])c2)cc1. The molecule has 0 radical (unpaired) electrons. The molecular formula is C29H28ClN5O6S. The van der Waals surface area contributed by atoms with E-state index < -0.39 is 27.4 Å². The fourth-order valence-corrected chi connectivity index (χ4v) is 6.03. The first-order valence-corrected chi connectivity index (χ1v) is 14.4. The summed E-state index contributed by atoms with van der Waals surface area (Å²) in [6, 6.07) is 18.9. The summed E-state index contributed by atoms with van der Waals surface area (Å²) in [5, 5.41) is 16.1. The number of anilines is 1. The molecule has 13 heteroatoms. The third-order valence-corrected chi connectivity index (χ3v) is 8.55. The fourth-order valence-electron chi connectivity index (χ4n) is 4.41. The highest BCUT2D eigenvalue weighted by Crippen LogP contribution is 2.29. The molecule has 0 saturated heterocycles. The molecule has 0 aliphatic carbocycles. The van der Waals surface area contributed by atoms with E-state index in [0.29, 0.717) is 16.3 Å². The van der Waals surface area contributed by atoms with Crippen LogP contribution in [0.3, 0.4) is 0 Å². The molecule has 3 aromatic carbocycles. The quantitative estimate of drug-likeness (QED) is 0.147. The number of rotatable bonds is 10. The number of nitrogens with zero attached hydrogens (tertiary/aromatic N) is 4. The van der Waals surface area contributed by atoms with Gasteiger partial charge in [0.2, 0.25) is 0 Å². The second-order valence-electron chi connectivity index (χ2n) is 9.35. The van der Waals surface area contributed by atoms with E-state index in [1.165, 1.54) is 44.5 Å². The summed E-state index contributed by atoms with van der Waals surface area (Å²) in [5.74, 6) is -0.248. The molecule has 42 heavy (non-hydrogen) atoms. The molecule has 0 saturated carbocycles. The lowest BCUT2D eigenvalue weighted by atomic mass is 10.2. The normalized spacial score (nSPS) is 11.5. The van der Waals surface area contributed by atoms with Crippen LogP contribution < -0.4 is 14.5 Å². The van der Waals surface area contributed by atoms with E-state index in [1.54, 1.807) is 18.2 Å². The van der Waals surface area contributed by atoms with Gasteiger partial charge in [-0.2, -0.15) is 5.10 Å². The van der Waals surface area contributed by atoms with E-state index in [4.69, 9.17) is 16.3 Å². The number of nitro benzene ring substituents is 1. The molecule has 0 aliphatic heterocycles. The number of methoxy groups -OCH3 is 1. The van der Waals surface area contributed by atoms with Gasteiger partial charge in [-0.25, -0.2) is 13.8 Å². The van der Waals surface area contributed by atoms with Gasteiger partial charge in [0.15, 0.2) is 0 Å². The number of carbonyl (C=O) groups excluding carboxylic acids is 1. The number of halogens is 1. The predicted molar refractivity (Wildman–Crippen MR) is 161 cm³/mol. The zero-order valence-corrected chi connectivity index (χ0v) is 24.8. The molecule has 0 fully saturated rings. The maximum atomic E-state index is 13.7. The fraction of sp³-hybridized carbons (Fsp3) is 0.172. The Bertz CT molecular complexity index is 1780. The van der Waals surface area contributed by atoms with Gasteiger partial charge in [-0.1, -0.05) is 23.7 Å². The summed E-state index contributed by atoms with van der Waals surface area (Å²) in [5.41, 5.74) is 5.88. The first-order chi connectivity index (χ1) is 19.9. The number of aromatic nitrogens is 1. The van der Waals surface area contributed by atoms with E-state index in [9.17, 15) is 23.3 Å². The summed E-state index contributed by atoms with van der Waals surface area (Å²) in [6.45, 7) is 4.69. The van der Waals surface area contributed by atoms with Crippen molar-refractivity contribution >= 4 is 45.1 Å². The van der Waals surface area contributed by atoms with Crippen LogP contribution in [0, 0.1) is 30.9 Å². The third kappa shape index (κ3) is 6.45. The zero-order chi connectivity index (χ0) is 30.6. The number of sulfonamides is 1. The van der Waals surface area contributed by atoms with Crippen molar-refractivity contribution in [2.75, 3.05) is 18.0 Å². The van der Waals surface area contributed by atoms with Crippen molar-refractivity contribution < 1.29 is 22.9 Å². The molecule has 1 aromatic heterocycles. The lowest BCUT2D eigenvalue weighted by Gasteiger charge is -2.24. The van der Waals surface area contributed by atoms with Crippen molar-refractivity contribution in [3.8, 4) is 11.4 Å². The standard InChI is InChI=1S/C29H28ClN5O6S/c1-19-8-13-27(16-28(19)35(37)38)42(39,40)33(24-9-11-26(41-4)12-10-24)18-29(36)32-31-17-22-14-20(2)34(21(22)3)25-7-5-6-23(30)15-25/h5-17H,18H2,1-4H3,(H,32,36)/b31-17+. The molecule has 0 spiro atoms. The Kier molecular flexibility index (Phi) is 8.98. The van der Waals surface area contributed by atoms with E-state index in [-0.39, 0.29) is 16.3 Å². The van der Waals surface area contributed by atoms with Crippen molar-refractivity contribution in [2.24, 2.45) is 5.10 Å². The number of hydrazone groups is 1. The Morgan fingerprint density at radius 2 is 1.81 bits per heavy atom. The van der Waals surface area contributed by atoms with Crippen molar-refractivity contribution in [1.82, 2.24) is 9.99 Å². The van der Waals surface area contributed by atoms with E-state index >= 15 is 0 Å². The number of aryl methyl sites for hydroxylation is 2. The first kappa shape index (κ1) is 30.3. The van der Waals surface area contributed by atoms with E-state index in [1.807, 2.05) is 42.7 Å². The maximum Gasteiger partial charge on any atom is 0.273 e. The number of carbonyl (C=O) groups is 1. The molecule has 0 aliphatic rings. The molecule has 1 N–H and O–H groups in total. The number of nitro groups is 1. The number of ether oxygens (including phenoxy) is 1. The Labute approximate surface area is 248 Å². The third-order valence-electron chi connectivity index (χ3n) is 6.54. The smallest absolute Gasteiger partial charge is 0.273 e. The van der Waals surface area contributed by atoms with Gasteiger partial charge in [-0.3, -0.25) is 19.2 Å². The Morgan fingerprint density at radius 3 is 2.45 bits per heavy atom. The largest absolute Gasteiger partial charge is 0.497 e. The molecule has 4 rings (SSSR count). The zero-order valence-electron chi connectivity index (χ0n) is 23.2. The highest BCUT2D eigenvalue weighted by Gasteiger charge is 2.29. The molecule has 0 atom stereocenters. The van der Waals surface area contributed by atoms with Crippen molar-refractivity contribution in [2.45, 2.75) is 25.7 Å². The number of hydrogen-bond acceptors (Lipinski definition) is 7. The molecule has 1 amide bonds. The van der Waals surface area contributed by atoms with Crippen molar-refractivity contribution in [3.63, 3.8) is 0 Å². The highest BCUT2D eigenvalue weighted by molar-refractivity contribution is 7.92. The minimum atomic E-state index is -4.40. The molecule has 11 nitrogen and oxygen atoms in total. The van der Waals surface area contributed by atoms with Gasteiger partial charge in [-0.05, 0) is 75.4 Å². The Morgan fingerprint density at radius 1 is 1.10 bits per heavy atom. The van der Waals surface area contributed by atoms with E-state index in [0.717, 1.165) is 33.0 Å². The number of nitrogens with one attached hydrogen (secondary N) is 1. The summed E-state index contributed by atoms with van der Waals surface area (Å²) in [4.78, 5) is 23.5. The van der Waals surface area contributed by atoms with Gasteiger partial charge in [0.25, 0.3) is 21.6 Å². The van der Waals surface area contributed by atoms with Gasteiger partial charge >= 0.3 is 0 Å². The summed E-state index contributed by atoms with van der Waals surface area (Å²) in [6.07, 6.45) is 1.47. The topological polar surface area (TPSA) is 136 Å². The Balaban J connectivity index is 1.60. The molecule has 218 valence electrons. The van der Waals surface area contributed by atoms with Crippen LogP contribution in [-0.2, 0) is 14.8 Å². The number of amides is 1. The molecule has 1 heterocycles. The number of hydrogen-bond donors (Lipinski definition) is 1. The average molecular weight is 610 g/mol. The van der Waals surface area contributed by atoms with E-state index in [2.05, 4.69) is 10.5 Å². The maximum absolute atomic E-state index is 13.7. The summed E-state index contributed by atoms with van der Waals surface area (Å²) < 4.78 is 35.4. The van der Waals surface area contributed by atoms with Gasteiger partial charge in [0, 0.05) is 39.3 Å². The van der Waals surface area contributed by atoms with Gasteiger partial charge in [0.1, 0.15) is 12.3 Å². The first-order valence-electron chi connectivity index (χ1n) is 12.6. The molecule has 0 unspecified atom stereocenters. The molecule has 4 aromatic rings. The average Bonchev–Trinajstić information content (AvgIpc) is 3.24. The second kappa shape index (κ2) is 12.5. The van der Waals surface area contributed by atoms with Crippen LogP contribution in [0.5, 0.6) is 5.75 Å². The van der Waals surface area contributed by atoms with Crippen LogP contribution >= 0.6 is 11.6 Å². The highest BCUT2D eigenvalue weighted by atomic mass is 35.5. The van der Waals surface area contributed by atoms with Crippen LogP contribution in [0.2, 0.25) is 5.02 Å². The second-order valence-corrected chi connectivity index (χ2v) is 11.6. The predicted octanol–water partition coefficient (Wildman–Crippen LogP) is 5.32. The van der Waals surface area contributed by atoms with Crippen LogP contribution in [0.4, 0.5) is 11.4 Å². The molecular weight excluding hydrogens is 582 g/mol. The van der Waals surface area contributed by atoms with Gasteiger partial charge in [0.05, 0.1) is 28.8 Å². The lowest BCUT2D eigenvalue weighted by Crippen LogP contribution is -2.39. The van der Waals surface area contributed by atoms with Crippen molar-refractivity contribution in [1.29, 1.82) is 0 Å². The van der Waals surface area contributed by atoms with Crippen LogP contribution in [-0.4, -0.2) is 43.7 Å². The van der Waals surface area contributed by atoms with Crippen LogP contribution in [0.1, 0.15) is 22.5 Å². The lowest BCUT2D eigenvalue weighted by molar-refractivity contribution is -0.385. The number of benzene rings is 3. The van der Waals surface area contributed by atoms with Crippen LogP contribution in [0.15, 0.2) is 82.8 Å². The molecule has 0 bridgehead atoms. The minimum Gasteiger partial charge on any atom is -0.497 e.